The van der Waals surface area contributed by atoms with Gasteiger partial charge in [-0.15, -0.1) is 0 Å². The molecule has 1 amide bonds. The Labute approximate surface area is 424 Å². The third-order valence-corrected chi connectivity index (χ3v) is 12.4. The largest absolute Gasteiger partial charge is 0.756 e. The lowest BCUT2D eigenvalue weighted by Gasteiger charge is -2.29. The summed E-state index contributed by atoms with van der Waals surface area (Å²) in [5.41, 5.74) is 0. The molecule has 0 radical (unpaired) electrons. The van der Waals surface area contributed by atoms with Crippen molar-refractivity contribution in [3.8, 4) is 0 Å². The lowest BCUT2D eigenvalue weighted by atomic mass is 10.0. The Hall–Kier alpha value is -3.10. The Morgan fingerprint density at radius 1 is 0.507 bits per heavy atom. The Morgan fingerprint density at radius 3 is 1.29 bits per heavy atom. The number of hydrogen-bond donors (Lipinski definition) is 2. The van der Waals surface area contributed by atoms with Gasteiger partial charge in [0.15, 0.2) is 0 Å². The molecule has 0 aromatic carbocycles. The van der Waals surface area contributed by atoms with E-state index in [1.807, 2.05) is 27.2 Å². The number of likely N-dealkylation sites (N-methyl/N-ethyl adjacent to an activating group) is 1. The summed E-state index contributed by atoms with van der Waals surface area (Å²) in [6, 6.07) is -0.914. The summed E-state index contributed by atoms with van der Waals surface area (Å²) in [7, 11) is 1.22. The summed E-state index contributed by atoms with van der Waals surface area (Å²) in [5.74, 6) is -0.219. The van der Waals surface area contributed by atoms with E-state index in [0.29, 0.717) is 17.4 Å². The highest BCUT2D eigenvalue weighted by atomic mass is 31.2. The maximum absolute atomic E-state index is 12.9. The van der Waals surface area contributed by atoms with E-state index < -0.39 is 26.6 Å². The molecule has 0 aliphatic carbocycles. The number of amides is 1. The summed E-state index contributed by atoms with van der Waals surface area (Å²) in [5, 5.41) is 13.7. The van der Waals surface area contributed by atoms with E-state index in [1.165, 1.54) is 83.5 Å². The molecule has 0 fully saturated rings. The van der Waals surface area contributed by atoms with Crippen LogP contribution in [0.2, 0.25) is 0 Å². The molecule has 0 aromatic heterocycles. The predicted molar refractivity (Wildman–Crippen MR) is 297 cm³/mol. The second kappa shape index (κ2) is 49.9. The van der Waals surface area contributed by atoms with Gasteiger partial charge in [-0.3, -0.25) is 9.36 Å². The van der Waals surface area contributed by atoms with Crippen LogP contribution in [0, 0.1) is 0 Å². The van der Waals surface area contributed by atoms with Gasteiger partial charge in [-0.25, -0.2) is 0 Å². The maximum Gasteiger partial charge on any atom is 0.268 e. The van der Waals surface area contributed by atoms with Crippen molar-refractivity contribution in [2.75, 3.05) is 40.9 Å². The highest BCUT2D eigenvalue weighted by Gasteiger charge is 2.23. The lowest BCUT2D eigenvalue weighted by Crippen LogP contribution is -2.45. The Morgan fingerprint density at radius 2 is 0.855 bits per heavy atom. The summed E-state index contributed by atoms with van der Waals surface area (Å²) < 4.78 is 23.2. The molecule has 3 unspecified atom stereocenters. The number of hydrogen-bond acceptors (Lipinski definition) is 6. The van der Waals surface area contributed by atoms with Crippen molar-refractivity contribution in [2.45, 2.75) is 212 Å². The molecule has 0 aromatic rings. The first-order chi connectivity index (χ1) is 33.5. The standard InChI is InChI=1S/C60H103N2O6P/c1-6-8-10-12-14-16-18-19-20-21-22-23-24-25-26-27-28-29-30-31-32-33-34-35-36-37-38-39-40-41-42-43-44-46-48-50-52-54-60(64)61-58(57-68-69(65,66)67-56-55-62(3,4)5)59(63)53-51-49-47-45-17-15-13-11-9-7-2/h8-11,14,16-17,19-20,22-23,25-26,28-29,31-32,45,51,53,58-59,63H,6-7,12-13,15,18,21,24,27,30,33-44,46-50,52,54-57H2,1-5H3,(H-,61,64,65,66)/b10-8-,11-9+,16-14-,20-19-,23-22-,26-25-,29-28-,32-31-,45-17+,53-51+. The van der Waals surface area contributed by atoms with Gasteiger partial charge in [-0.05, 0) is 96.3 Å². The number of phosphoric ester groups is 1. The van der Waals surface area contributed by atoms with Crippen molar-refractivity contribution in [1.29, 1.82) is 0 Å². The molecule has 0 bridgehead atoms. The normalized spacial score (nSPS) is 14.9. The zero-order valence-corrected chi connectivity index (χ0v) is 45.6. The van der Waals surface area contributed by atoms with Crippen molar-refractivity contribution in [3.05, 3.63) is 122 Å². The molecule has 0 heterocycles. The van der Waals surface area contributed by atoms with E-state index >= 15 is 0 Å². The highest BCUT2D eigenvalue weighted by Crippen LogP contribution is 2.38. The molecule has 9 heteroatoms. The van der Waals surface area contributed by atoms with Gasteiger partial charge in [0.2, 0.25) is 5.91 Å². The van der Waals surface area contributed by atoms with Crippen LogP contribution in [0.25, 0.3) is 0 Å². The topological polar surface area (TPSA) is 108 Å². The van der Waals surface area contributed by atoms with E-state index in [-0.39, 0.29) is 12.5 Å². The molecule has 0 saturated heterocycles. The zero-order chi connectivity index (χ0) is 50.6. The average molecular weight is 979 g/mol. The highest BCUT2D eigenvalue weighted by molar-refractivity contribution is 7.45. The fraction of sp³-hybridized carbons (Fsp3) is 0.650. The summed E-state index contributed by atoms with van der Waals surface area (Å²) in [6.45, 7) is 4.36. The van der Waals surface area contributed by atoms with Crippen LogP contribution < -0.4 is 10.2 Å². The number of carbonyl (C=O) groups excluding carboxylic acids is 1. The van der Waals surface area contributed by atoms with Crippen LogP contribution in [0.1, 0.15) is 200 Å². The number of nitrogens with one attached hydrogen (secondary N) is 1. The molecule has 69 heavy (non-hydrogen) atoms. The molecule has 0 saturated carbocycles. The molecule has 0 spiro atoms. The lowest BCUT2D eigenvalue weighted by molar-refractivity contribution is -0.870. The average Bonchev–Trinajstić information content (AvgIpc) is 3.31. The molecule has 3 atom stereocenters. The minimum atomic E-state index is -4.60. The van der Waals surface area contributed by atoms with Gasteiger partial charge >= 0.3 is 0 Å². The van der Waals surface area contributed by atoms with Crippen LogP contribution in [-0.4, -0.2) is 68.5 Å². The van der Waals surface area contributed by atoms with E-state index in [4.69, 9.17) is 9.05 Å². The monoisotopic (exact) mass is 979 g/mol. The molecule has 0 rings (SSSR count). The van der Waals surface area contributed by atoms with Gasteiger partial charge in [-0.1, -0.05) is 219 Å². The Balaban J connectivity index is 4.01. The molecule has 0 aliphatic heterocycles. The first-order valence-electron chi connectivity index (χ1n) is 27.4. The van der Waals surface area contributed by atoms with Gasteiger partial charge in [0, 0.05) is 6.42 Å². The molecule has 2 N–H and O–H groups in total. The summed E-state index contributed by atoms with van der Waals surface area (Å²) in [6.07, 6.45) is 74.4. The van der Waals surface area contributed by atoms with Crippen molar-refractivity contribution < 1.29 is 32.9 Å². The molecule has 8 nitrogen and oxygen atoms in total. The first kappa shape index (κ1) is 65.9. The van der Waals surface area contributed by atoms with Crippen molar-refractivity contribution in [3.63, 3.8) is 0 Å². The smallest absolute Gasteiger partial charge is 0.268 e. The maximum atomic E-state index is 12.9. The summed E-state index contributed by atoms with van der Waals surface area (Å²) in [4.78, 5) is 25.3. The molecule has 0 aliphatic rings. The van der Waals surface area contributed by atoms with Crippen LogP contribution in [0.3, 0.4) is 0 Å². The van der Waals surface area contributed by atoms with E-state index in [0.717, 1.165) is 96.3 Å². The quantitative estimate of drug-likeness (QED) is 0.0272. The number of phosphoric acid groups is 1. The van der Waals surface area contributed by atoms with E-state index in [1.54, 1.807) is 6.08 Å². The van der Waals surface area contributed by atoms with Crippen LogP contribution in [-0.2, 0) is 18.4 Å². The second-order valence-corrected chi connectivity index (χ2v) is 20.6. The Bertz CT molecular complexity index is 1530. The van der Waals surface area contributed by atoms with Gasteiger partial charge in [0.25, 0.3) is 7.82 Å². The number of allylic oxidation sites excluding steroid dienone is 19. The second-order valence-electron chi connectivity index (χ2n) is 19.2. The minimum absolute atomic E-state index is 0.0141. The van der Waals surface area contributed by atoms with Crippen molar-refractivity contribution >= 4 is 13.7 Å². The fourth-order valence-electron chi connectivity index (χ4n) is 7.17. The van der Waals surface area contributed by atoms with Crippen LogP contribution in [0.15, 0.2) is 122 Å². The van der Waals surface area contributed by atoms with Crippen LogP contribution >= 0.6 is 7.82 Å². The number of quaternary nitrogens is 1. The van der Waals surface area contributed by atoms with Gasteiger partial charge in [0.05, 0.1) is 39.9 Å². The third kappa shape index (κ3) is 52.6. The number of nitrogens with zero attached hydrogens (tertiary/aromatic N) is 1. The number of carbonyl (C=O) groups is 1. The third-order valence-electron chi connectivity index (χ3n) is 11.4. The minimum Gasteiger partial charge on any atom is -0.756 e. The molecule has 394 valence electrons. The number of aliphatic hydroxyl groups excluding tert-OH is 1. The predicted octanol–water partition coefficient (Wildman–Crippen LogP) is 16.0. The first-order valence-corrected chi connectivity index (χ1v) is 28.9. The molecular formula is C60H103N2O6P. The number of rotatable bonds is 48. The van der Waals surface area contributed by atoms with Crippen LogP contribution in [0.5, 0.6) is 0 Å². The fourth-order valence-corrected chi connectivity index (χ4v) is 7.89. The SMILES string of the molecule is CC/C=C\C/C=C\C/C=C\C/C=C\C/C=C\C/C=C\C/C=C\CCCCCCCCCCCCCCCCCC(=O)NC(COP(=O)([O-])OCC[N+](C)(C)C)C(O)/C=C/CC/C=C/CC/C=C/CC. The molecular weight excluding hydrogens is 876 g/mol. The number of aliphatic hydroxyl groups is 1. The van der Waals surface area contributed by atoms with E-state index in [9.17, 15) is 19.4 Å². The van der Waals surface area contributed by atoms with Crippen molar-refractivity contribution in [2.24, 2.45) is 0 Å². The van der Waals surface area contributed by atoms with Crippen LogP contribution in [0.4, 0.5) is 0 Å². The summed E-state index contributed by atoms with van der Waals surface area (Å²) >= 11 is 0. The Kier molecular flexibility index (Phi) is 47.6. The van der Waals surface area contributed by atoms with Gasteiger partial charge in [0.1, 0.15) is 13.2 Å². The zero-order valence-electron chi connectivity index (χ0n) is 44.7. The number of unbranched alkanes of at least 4 members (excludes halogenated alkanes) is 17. The van der Waals surface area contributed by atoms with Crippen molar-refractivity contribution in [1.82, 2.24) is 5.32 Å². The van der Waals surface area contributed by atoms with Gasteiger partial charge in [-0.2, -0.15) is 0 Å². The van der Waals surface area contributed by atoms with Gasteiger partial charge < -0.3 is 28.8 Å². The van der Waals surface area contributed by atoms with E-state index in [2.05, 4.69) is 129 Å².